The maximum atomic E-state index is 13.1. The number of hydrogen-bond acceptors (Lipinski definition) is 6. The van der Waals surface area contributed by atoms with Crippen molar-refractivity contribution >= 4 is 19.7 Å². The van der Waals surface area contributed by atoms with Gasteiger partial charge >= 0.3 is 0 Å². The van der Waals surface area contributed by atoms with E-state index >= 15 is 0 Å². The van der Waals surface area contributed by atoms with Gasteiger partial charge in [-0.2, -0.15) is 0 Å². The van der Waals surface area contributed by atoms with Gasteiger partial charge in [0.1, 0.15) is 22.8 Å². The molecule has 39 heavy (non-hydrogen) atoms. The van der Waals surface area contributed by atoms with E-state index in [4.69, 9.17) is 9.47 Å². The summed E-state index contributed by atoms with van der Waals surface area (Å²) in [5, 5.41) is 0. The van der Waals surface area contributed by atoms with Crippen LogP contribution in [0.1, 0.15) is 46.1 Å². The molecule has 8 heteroatoms. The molecule has 0 unspecified atom stereocenters. The predicted octanol–water partition coefficient (Wildman–Crippen LogP) is 7.45. The highest BCUT2D eigenvalue weighted by Gasteiger charge is 2.20. The smallest absolute Gasteiger partial charge is 0.206 e. The minimum absolute atomic E-state index is 0.129. The van der Waals surface area contributed by atoms with Crippen LogP contribution in [-0.4, -0.2) is 22.4 Å². The summed E-state index contributed by atoms with van der Waals surface area (Å²) in [5.74, 6) is 1.75. The molecule has 0 aliphatic rings. The van der Waals surface area contributed by atoms with E-state index in [9.17, 15) is 16.8 Å². The molecule has 0 N–H and O–H groups in total. The molecule has 0 fully saturated rings. The molecule has 0 atom stereocenters. The zero-order chi connectivity index (χ0) is 28.4. The van der Waals surface area contributed by atoms with E-state index < -0.39 is 19.7 Å². The normalized spacial score (nSPS) is 12.4. The number of benzene rings is 4. The Labute approximate surface area is 231 Å². The lowest BCUT2D eigenvalue weighted by Gasteiger charge is -2.21. The lowest BCUT2D eigenvalue weighted by atomic mass is 10.0. The van der Waals surface area contributed by atoms with Crippen molar-refractivity contribution in [3.63, 3.8) is 0 Å². The summed E-state index contributed by atoms with van der Waals surface area (Å²) in [6.45, 7) is 9.87. The van der Waals surface area contributed by atoms with Crippen molar-refractivity contribution < 1.29 is 26.3 Å². The fourth-order valence-corrected chi connectivity index (χ4v) is 6.38. The third-order valence-electron chi connectivity index (χ3n) is 5.92. The van der Waals surface area contributed by atoms with Gasteiger partial charge in [0.2, 0.25) is 19.7 Å². The fraction of sp³-hybridized carbons (Fsp3) is 0.226. The van der Waals surface area contributed by atoms with Gasteiger partial charge in [-0.15, -0.1) is 0 Å². The second-order valence-corrected chi connectivity index (χ2v) is 14.4. The van der Waals surface area contributed by atoms with Gasteiger partial charge in [0, 0.05) is 0 Å². The Bertz CT molecular complexity index is 1630. The largest absolute Gasteiger partial charge is 0.488 e. The van der Waals surface area contributed by atoms with Crippen LogP contribution in [0, 0.1) is 0 Å². The van der Waals surface area contributed by atoms with Crippen LogP contribution in [0.15, 0.2) is 117 Å². The molecule has 0 amide bonds. The number of sulfone groups is 2. The van der Waals surface area contributed by atoms with Crippen molar-refractivity contribution in [3.8, 4) is 17.2 Å². The highest BCUT2D eigenvalue weighted by molar-refractivity contribution is 7.91. The minimum Gasteiger partial charge on any atom is -0.488 e. The first-order valence-electron chi connectivity index (χ1n) is 12.5. The first-order valence-corrected chi connectivity index (χ1v) is 15.5. The van der Waals surface area contributed by atoms with Crippen LogP contribution in [-0.2, 0) is 19.7 Å². The Morgan fingerprint density at radius 2 is 0.821 bits per heavy atom. The van der Waals surface area contributed by atoms with Crippen molar-refractivity contribution in [2.45, 2.75) is 65.7 Å². The Hall–Kier alpha value is -3.62. The molecule has 0 aliphatic carbocycles. The summed E-state index contributed by atoms with van der Waals surface area (Å²) < 4.78 is 63.7. The van der Waals surface area contributed by atoms with E-state index in [1.54, 1.807) is 48.5 Å². The van der Waals surface area contributed by atoms with E-state index in [-0.39, 0.29) is 25.2 Å². The van der Waals surface area contributed by atoms with Crippen molar-refractivity contribution in [2.24, 2.45) is 0 Å². The van der Waals surface area contributed by atoms with Crippen molar-refractivity contribution in [1.29, 1.82) is 0 Å². The highest BCUT2D eigenvalue weighted by atomic mass is 32.2. The molecule has 0 bridgehead atoms. The van der Waals surface area contributed by atoms with E-state index in [0.29, 0.717) is 23.2 Å². The van der Waals surface area contributed by atoms with E-state index in [2.05, 4.69) is 13.8 Å². The summed E-state index contributed by atoms with van der Waals surface area (Å²) in [6, 6.07) is 25.4. The summed E-state index contributed by atoms with van der Waals surface area (Å²) >= 11 is 0. The van der Waals surface area contributed by atoms with Crippen molar-refractivity contribution in [3.05, 3.63) is 103 Å². The van der Waals surface area contributed by atoms with Gasteiger partial charge in [0.15, 0.2) is 0 Å². The Morgan fingerprint density at radius 3 is 1.13 bits per heavy atom. The quantitative estimate of drug-likeness (QED) is 0.221. The van der Waals surface area contributed by atoms with Gasteiger partial charge in [-0.1, -0.05) is 26.0 Å². The molecule has 0 saturated carbocycles. The molecule has 6 nitrogen and oxygen atoms in total. The van der Waals surface area contributed by atoms with E-state index in [0.717, 1.165) is 5.56 Å². The zero-order valence-electron chi connectivity index (χ0n) is 22.6. The lowest BCUT2D eigenvalue weighted by molar-refractivity contribution is 0.131. The van der Waals surface area contributed by atoms with E-state index in [1.807, 2.05) is 32.9 Å². The summed E-state index contributed by atoms with van der Waals surface area (Å²) in [5.41, 5.74) is 0.685. The zero-order valence-corrected chi connectivity index (χ0v) is 24.2. The maximum Gasteiger partial charge on any atom is 0.206 e. The van der Waals surface area contributed by atoms with Gasteiger partial charge in [-0.3, -0.25) is 0 Å². The monoisotopic (exact) mass is 564 g/mol. The second-order valence-electron chi connectivity index (χ2n) is 10.5. The first kappa shape index (κ1) is 28.4. The van der Waals surface area contributed by atoms with Gasteiger partial charge in [0.25, 0.3) is 0 Å². The highest BCUT2D eigenvalue weighted by Crippen LogP contribution is 2.29. The maximum absolute atomic E-state index is 13.1. The molecule has 0 aliphatic heterocycles. The van der Waals surface area contributed by atoms with Crippen molar-refractivity contribution in [1.82, 2.24) is 0 Å². The summed E-state index contributed by atoms with van der Waals surface area (Å²) in [4.78, 5) is 0.679. The average Bonchev–Trinajstić information content (AvgIpc) is 2.89. The summed E-state index contributed by atoms with van der Waals surface area (Å²) in [6.07, 6.45) is 0. The van der Waals surface area contributed by atoms with Crippen LogP contribution < -0.4 is 9.47 Å². The molecule has 0 saturated heterocycles. The van der Waals surface area contributed by atoms with Gasteiger partial charge in [-0.05, 0) is 117 Å². The number of rotatable bonds is 8. The lowest BCUT2D eigenvalue weighted by Crippen LogP contribution is -2.22. The third kappa shape index (κ3) is 6.69. The fourth-order valence-electron chi connectivity index (χ4n) is 3.85. The van der Waals surface area contributed by atoms with Crippen LogP contribution in [0.3, 0.4) is 0 Å². The Morgan fingerprint density at radius 1 is 0.513 bits per heavy atom. The topological polar surface area (TPSA) is 86.7 Å². The van der Waals surface area contributed by atoms with E-state index in [1.165, 1.54) is 36.4 Å². The molecule has 204 valence electrons. The molecular formula is C31H32O6S2. The van der Waals surface area contributed by atoms with Crippen LogP contribution >= 0.6 is 0 Å². The van der Waals surface area contributed by atoms with Gasteiger partial charge in [-0.25, -0.2) is 16.8 Å². The van der Waals surface area contributed by atoms with Gasteiger partial charge in [0.05, 0.1) is 19.6 Å². The van der Waals surface area contributed by atoms with Crippen LogP contribution in [0.5, 0.6) is 17.2 Å². The molecule has 4 aromatic carbocycles. The van der Waals surface area contributed by atoms with Crippen LogP contribution in [0.2, 0.25) is 0 Å². The predicted molar refractivity (Wildman–Crippen MR) is 151 cm³/mol. The first-order chi connectivity index (χ1) is 18.3. The van der Waals surface area contributed by atoms with Crippen molar-refractivity contribution in [2.75, 3.05) is 0 Å². The van der Waals surface area contributed by atoms with Crippen LogP contribution in [0.25, 0.3) is 0 Å². The third-order valence-corrected chi connectivity index (χ3v) is 9.49. The molecule has 4 aromatic rings. The SMILES string of the molecule is CC(C)c1ccc(S(=O)(=O)c2ccc(Oc3ccc(S(=O)(=O)c4ccc(OC(C)(C)C)cc4)cc3)cc2)cc1. The molecular weight excluding hydrogens is 532 g/mol. The Balaban J connectivity index is 1.46. The van der Waals surface area contributed by atoms with Crippen LogP contribution in [0.4, 0.5) is 0 Å². The minimum atomic E-state index is -3.72. The standard InChI is InChI=1S/C31H32O6S2/c1-22(2)23-6-14-27(15-7-23)38(32,33)28-16-8-24(9-17-28)36-25-10-18-29(19-11-25)39(34,35)30-20-12-26(13-21-30)37-31(3,4)5/h6-22H,1-5H3. The summed E-state index contributed by atoms with van der Waals surface area (Å²) in [7, 11) is -7.38. The molecule has 4 rings (SSSR count). The molecule has 0 radical (unpaired) electrons. The molecule has 0 spiro atoms. The number of ether oxygens (including phenoxy) is 2. The molecule has 0 heterocycles. The van der Waals surface area contributed by atoms with Gasteiger partial charge < -0.3 is 9.47 Å². The Kier molecular flexibility index (Phi) is 7.91. The second kappa shape index (κ2) is 10.9. The number of hydrogen-bond donors (Lipinski definition) is 0. The average molecular weight is 565 g/mol. The molecule has 0 aromatic heterocycles.